The van der Waals surface area contributed by atoms with Crippen LogP contribution in [-0.4, -0.2) is 35.8 Å². The summed E-state index contributed by atoms with van der Waals surface area (Å²) in [6.45, 7) is 3.47. The van der Waals surface area contributed by atoms with E-state index in [1.165, 1.54) is 12.1 Å². The zero-order valence-electron chi connectivity index (χ0n) is 13.9. The number of amides is 2. The molecule has 1 aliphatic heterocycles. The van der Waals surface area contributed by atoms with E-state index in [1.807, 2.05) is 4.90 Å². The Hall–Kier alpha value is -1.95. The molecule has 1 aliphatic carbocycles. The van der Waals surface area contributed by atoms with E-state index >= 15 is 0 Å². The van der Waals surface area contributed by atoms with Crippen molar-refractivity contribution in [1.29, 1.82) is 0 Å². The Labute approximate surface area is 141 Å². The van der Waals surface area contributed by atoms with Gasteiger partial charge in [0, 0.05) is 25.0 Å². The van der Waals surface area contributed by atoms with Crippen molar-refractivity contribution in [1.82, 2.24) is 10.2 Å². The van der Waals surface area contributed by atoms with Gasteiger partial charge in [-0.2, -0.15) is 0 Å². The number of hydrogen-bond donors (Lipinski definition) is 2. The molecule has 1 saturated carbocycles. The first kappa shape index (κ1) is 16.9. The molecule has 2 amide bonds. The smallest absolute Gasteiger partial charge is 0.239 e. The van der Waals surface area contributed by atoms with Crippen LogP contribution in [0.1, 0.15) is 37.8 Å². The van der Waals surface area contributed by atoms with Crippen molar-refractivity contribution >= 4 is 11.8 Å². The van der Waals surface area contributed by atoms with Crippen LogP contribution in [0.3, 0.4) is 0 Å². The van der Waals surface area contributed by atoms with Crippen LogP contribution >= 0.6 is 0 Å². The molecule has 3 atom stereocenters. The third-order valence-electron chi connectivity index (χ3n) is 5.01. The van der Waals surface area contributed by atoms with Gasteiger partial charge in [-0.05, 0) is 42.9 Å². The van der Waals surface area contributed by atoms with Crippen LogP contribution in [0.5, 0.6) is 0 Å². The minimum atomic E-state index is -0.649. The normalized spacial score (nSPS) is 25.3. The summed E-state index contributed by atoms with van der Waals surface area (Å²) in [4.78, 5) is 26.0. The predicted octanol–water partition coefficient (Wildman–Crippen LogP) is 1.59. The molecule has 2 fully saturated rings. The van der Waals surface area contributed by atoms with Crippen LogP contribution in [0.25, 0.3) is 0 Å². The van der Waals surface area contributed by atoms with Gasteiger partial charge in [0.15, 0.2) is 0 Å². The predicted molar refractivity (Wildman–Crippen MR) is 88.3 cm³/mol. The third-order valence-corrected chi connectivity index (χ3v) is 5.01. The first-order chi connectivity index (χ1) is 11.5. The maximum atomic E-state index is 13.1. The maximum Gasteiger partial charge on any atom is 0.239 e. The van der Waals surface area contributed by atoms with Crippen LogP contribution in [-0.2, 0) is 9.59 Å². The number of piperidine rings is 1. The van der Waals surface area contributed by atoms with Gasteiger partial charge < -0.3 is 10.6 Å². The molecule has 0 spiro atoms. The second-order valence-corrected chi connectivity index (χ2v) is 6.98. The van der Waals surface area contributed by atoms with Gasteiger partial charge in [0.05, 0.1) is 0 Å². The van der Waals surface area contributed by atoms with Gasteiger partial charge in [-0.3, -0.25) is 14.9 Å². The average molecular weight is 333 g/mol. The summed E-state index contributed by atoms with van der Waals surface area (Å²) in [5.74, 6) is -0.0964. The fraction of sp³-hybridized carbons (Fsp3) is 0.556. The summed E-state index contributed by atoms with van der Waals surface area (Å²) >= 11 is 0. The molecule has 1 aromatic rings. The largest absolute Gasteiger partial charge is 0.368 e. The van der Waals surface area contributed by atoms with E-state index in [1.54, 1.807) is 12.1 Å². The summed E-state index contributed by atoms with van der Waals surface area (Å²) < 4.78 is 13.1. The number of hydrogen-bond acceptors (Lipinski definition) is 3. The number of likely N-dealkylation sites (tertiary alicyclic amines) is 1. The maximum absolute atomic E-state index is 13.1. The minimum Gasteiger partial charge on any atom is -0.368 e. The topological polar surface area (TPSA) is 75.4 Å². The van der Waals surface area contributed by atoms with Crippen molar-refractivity contribution in [3.8, 4) is 0 Å². The number of nitrogens with one attached hydrogen (secondary N) is 1. The molecule has 24 heavy (non-hydrogen) atoms. The van der Waals surface area contributed by atoms with Gasteiger partial charge in [-0.25, -0.2) is 4.39 Å². The number of benzene rings is 1. The Morgan fingerprint density at radius 2 is 1.92 bits per heavy atom. The van der Waals surface area contributed by atoms with Crippen LogP contribution in [0.4, 0.5) is 4.39 Å². The molecule has 1 aromatic carbocycles. The van der Waals surface area contributed by atoms with Gasteiger partial charge in [-0.1, -0.05) is 19.1 Å². The van der Waals surface area contributed by atoms with Crippen molar-refractivity contribution < 1.29 is 14.0 Å². The van der Waals surface area contributed by atoms with Gasteiger partial charge in [0.1, 0.15) is 11.9 Å². The molecule has 2 aliphatic rings. The first-order valence-electron chi connectivity index (χ1n) is 8.55. The molecule has 0 unspecified atom stereocenters. The number of nitrogens with two attached hydrogens (primary N) is 1. The molecular formula is C18H24FN3O2. The minimum absolute atomic E-state index is 0.0933. The molecule has 0 bridgehead atoms. The molecule has 1 heterocycles. The molecule has 3 rings (SSSR count). The summed E-state index contributed by atoms with van der Waals surface area (Å²) in [7, 11) is 0. The van der Waals surface area contributed by atoms with E-state index in [0.717, 1.165) is 19.3 Å². The second kappa shape index (κ2) is 6.89. The summed E-state index contributed by atoms with van der Waals surface area (Å²) in [5.41, 5.74) is 6.19. The van der Waals surface area contributed by atoms with Gasteiger partial charge in [-0.15, -0.1) is 0 Å². The van der Waals surface area contributed by atoms with Crippen LogP contribution in [0.2, 0.25) is 0 Å². The zero-order chi connectivity index (χ0) is 17.3. The number of carbonyl (C=O) groups excluding carboxylic acids is 2. The number of rotatable bonds is 5. The monoisotopic (exact) mass is 333 g/mol. The van der Waals surface area contributed by atoms with Crippen molar-refractivity contribution in [3.05, 3.63) is 35.6 Å². The van der Waals surface area contributed by atoms with Crippen molar-refractivity contribution in [3.63, 3.8) is 0 Å². The highest BCUT2D eigenvalue weighted by Crippen LogP contribution is 2.32. The summed E-state index contributed by atoms with van der Waals surface area (Å²) in [6, 6.07) is 5.25. The Morgan fingerprint density at radius 3 is 2.46 bits per heavy atom. The molecule has 1 saturated heterocycles. The van der Waals surface area contributed by atoms with Crippen molar-refractivity contribution in [2.45, 2.75) is 38.3 Å². The van der Waals surface area contributed by atoms with E-state index in [-0.39, 0.29) is 29.6 Å². The number of primary amides is 1. The lowest BCUT2D eigenvalue weighted by atomic mass is 9.91. The Balaban J connectivity index is 1.64. The Kier molecular flexibility index (Phi) is 4.85. The Bertz CT molecular complexity index is 615. The first-order valence-corrected chi connectivity index (χ1v) is 8.55. The van der Waals surface area contributed by atoms with E-state index in [2.05, 4.69) is 12.2 Å². The van der Waals surface area contributed by atoms with Gasteiger partial charge in [0.25, 0.3) is 0 Å². The molecule has 130 valence electrons. The molecule has 6 heteroatoms. The van der Waals surface area contributed by atoms with Crippen LogP contribution in [0.15, 0.2) is 24.3 Å². The second-order valence-electron chi connectivity index (χ2n) is 6.98. The highest BCUT2D eigenvalue weighted by molar-refractivity contribution is 5.82. The number of nitrogens with zero attached hydrogens (tertiary/aromatic N) is 1. The van der Waals surface area contributed by atoms with Gasteiger partial charge >= 0.3 is 0 Å². The fourth-order valence-corrected chi connectivity index (χ4v) is 3.39. The highest BCUT2D eigenvalue weighted by Gasteiger charge is 2.37. The highest BCUT2D eigenvalue weighted by atomic mass is 19.1. The number of halogens is 1. The average Bonchev–Trinajstić information content (AvgIpc) is 3.38. The van der Waals surface area contributed by atoms with Gasteiger partial charge in [0.2, 0.25) is 11.8 Å². The molecule has 5 nitrogen and oxygen atoms in total. The quantitative estimate of drug-likeness (QED) is 0.859. The van der Waals surface area contributed by atoms with Crippen LogP contribution < -0.4 is 11.1 Å². The van der Waals surface area contributed by atoms with Crippen LogP contribution in [0, 0.1) is 17.7 Å². The van der Waals surface area contributed by atoms with E-state index in [4.69, 9.17) is 5.73 Å². The third kappa shape index (κ3) is 3.75. The standard InChI is InChI=1S/C18H24FN3O2/c1-11-10-22(18(24)13-2-3-13)9-8-15(11)21-16(17(20)23)12-4-6-14(19)7-5-12/h4-7,11,13,15-16,21H,2-3,8-10H2,1H3,(H2,20,23)/t11-,15-,16-/m1/s1. The zero-order valence-corrected chi connectivity index (χ0v) is 13.9. The van der Waals surface area contributed by atoms with Crippen molar-refractivity contribution in [2.24, 2.45) is 17.6 Å². The van der Waals surface area contributed by atoms with E-state index in [0.29, 0.717) is 18.7 Å². The summed E-state index contributed by atoms with van der Waals surface area (Å²) in [6.07, 6.45) is 2.81. The van der Waals surface area contributed by atoms with E-state index < -0.39 is 11.9 Å². The molecule has 0 aromatic heterocycles. The SMILES string of the molecule is C[C@@H]1CN(C(=O)C2CC2)CC[C@H]1N[C@@H](C(N)=O)c1ccc(F)cc1. The van der Waals surface area contributed by atoms with E-state index in [9.17, 15) is 14.0 Å². The lowest BCUT2D eigenvalue weighted by Gasteiger charge is -2.39. The summed E-state index contributed by atoms with van der Waals surface area (Å²) in [5, 5.41) is 3.31. The number of carbonyl (C=O) groups is 2. The molecule has 3 N–H and O–H groups in total. The fourth-order valence-electron chi connectivity index (χ4n) is 3.39. The lowest BCUT2D eigenvalue weighted by molar-refractivity contribution is -0.135. The lowest BCUT2D eigenvalue weighted by Crippen LogP contribution is -2.52. The molecular weight excluding hydrogens is 309 g/mol. The van der Waals surface area contributed by atoms with Crippen molar-refractivity contribution in [2.75, 3.05) is 13.1 Å². The Morgan fingerprint density at radius 1 is 1.25 bits per heavy atom. The molecule has 0 radical (unpaired) electrons.